The molecule has 0 radical (unpaired) electrons. The summed E-state index contributed by atoms with van der Waals surface area (Å²) in [4.78, 5) is 0.232. The minimum Gasteiger partial charge on any atom is -0.398 e. The molecule has 6 heteroatoms. The van der Waals surface area contributed by atoms with Crippen molar-refractivity contribution in [3.8, 4) is 0 Å². The Hall–Kier alpha value is -1.11. The maximum Gasteiger partial charge on any atom is 0.245 e. The molecule has 0 amide bonds. The highest BCUT2D eigenvalue weighted by Crippen LogP contribution is 2.30. The molecule has 0 unspecified atom stereocenters. The van der Waals surface area contributed by atoms with Gasteiger partial charge in [0.1, 0.15) is 4.90 Å². The smallest absolute Gasteiger partial charge is 0.245 e. The molecule has 1 saturated heterocycles. The summed E-state index contributed by atoms with van der Waals surface area (Å²) in [6.45, 7) is 8.56. The predicted octanol–water partition coefficient (Wildman–Crippen LogP) is 1.69. The molecular formula is C14H22N2O3S. The Morgan fingerprint density at radius 2 is 1.95 bits per heavy atom. The highest BCUT2D eigenvalue weighted by molar-refractivity contribution is 7.89. The van der Waals surface area contributed by atoms with Crippen LogP contribution in [0, 0.1) is 13.8 Å². The van der Waals surface area contributed by atoms with E-state index in [1.807, 2.05) is 26.8 Å². The summed E-state index contributed by atoms with van der Waals surface area (Å²) in [5.41, 5.74) is 7.38. The minimum atomic E-state index is -3.59. The maximum absolute atomic E-state index is 12.9. The molecule has 1 aromatic rings. The van der Waals surface area contributed by atoms with Crippen LogP contribution in [-0.4, -0.2) is 38.0 Å². The standard InChI is InChI=1S/C14H22N2O3S/c1-10-5-6-12(15)13(11(10)2)20(17,18)16-7-8-19-14(3,4)9-16/h5-6H,7-9,15H2,1-4H3. The zero-order chi connectivity index (χ0) is 15.1. The van der Waals surface area contributed by atoms with Crippen molar-refractivity contribution in [1.82, 2.24) is 4.31 Å². The Morgan fingerprint density at radius 3 is 2.55 bits per heavy atom. The SMILES string of the molecule is Cc1ccc(N)c(S(=O)(=O)N2CCOC(C)(C)C2)c1C. The lowest BCUT2D eigenvalue weighted by molar-refractivity contribution is -0.0640. The Kier molecular flexibility index (Phi) is 3.83. The molecule has 1 aromatic carbocycles. The van der Waals surface area contributed by atoms with E-state index in [0.29, 0.717) is 30.9 Å². The van der Waals surface area contributed by atoms with E-state index in [-0.39, 0.29) is 4.90 Å². The van der Waals surface area contributed by atoms with Crippen LogP contribution in [0.1, 0.15) is 25.0 Å². The molecule has 2 N–H and O–H groups in total. The van der Waals surface area contributed by atoms with E-state index >= 15 is 0 Å². The van der Waals surface area contributed by atoms with Crippen LogP contribution in [-0.2, 0) is 14.8 Å². The third kappa shape index (κ3) is 2.68. The number of hydrogen-bond donors (Lipinski definition) is 1. The summed E-state index contributed by atoms with van der Waals surface area (Å²) in [5, 5.41) is 0. The summed E-state index contributed by atoms with van der Waals surface area (Å²) in [6.07, 6.45) is 0. The van der Waals surface area contributed by atoms with E-state index in [1.54, 1.807) is 13.0 Å². The van der Waals surface area contributed by atoms with Crippen LogP contribution >= 0.6 is 0 Å². The second kappa shape index (κ2) is 5.02. The number of aryl methyl sites for hydroxylation is 1. The molecule has 0 saturated carbocycles. The van der Waals surface area contributed by atoms with Gasteiger partial charge in [0.15, 0.2) is 0 Å². The van der Waals surface area contributed by atoms with E-state index < -0.39 is 15.6 Å². The largest absolute Gasteiger partial charge is 0.398 e. The van der Waals surface area contributed by atoms with Crippen LogP contribution in [0.5, 0.6) is 0 Å². The fraction of sp³-hybridized carbons (Fsp3) is 0.571. The number of nitrogens with two attached hydrogens (primary N) is 1. The van der Waals surface area contributed by atoms with Gasteiger partial charge in [-0.3, -0.25) is 0 Å². The first-order valence-electron chi connectivity index (χ1n) is 6.65. The minimum absolute atomic E-state index is 0.232. The lowest BCUT2D eigenvalue weighted by Gasteiger charge is -2.37. The van der Waals surface area contributed by atoms with Crippen LogP contribution in [0.2, 0.25) is 0 Å². The second-order valence-corrected chi connectivity index (χ2v) is 7.75. The normalized spacial score (nSPS) is 20.0. The van der Waals surface area contributed by atoms with Gasteiger partial charge in [-0.25, -0.2) is 8.42 Å². The molecule has 0 spiro atoms. The van der Waals surface area contributed by atoms with Gasteiger partial charge in [-0.2, -0.15) is 4.31 Å². The first-order valence-corrected chi connectivity index (χ1v) is 8.09. The van der Waals surface area contributed by atoms with Gasteiger partial charge in [-0.15, -0.1) is 0 Å². The Labute approximate surface area is 120 Å². The summed E-state index contributed by atoms with van der Waals surface area (Å²) in [6, 6.07) is 3.49. The van der Waals surface area contributed by atoms with Crippen molar-refractivity contribution in [3.05, 3.63) is 23.3 Å². The topological polar surface area (TPSA) is 72.6 Å². The molecule has 0 aromatic heterocycles. The Morgan fingerprint density at radius 1 is 1.30 bits per heavy atom. The van der Waals surface area contributed by atoms with Crippen LogP contribution in [0.25, 0.3) is 0 Å². The molecule has 20 heavy (non-hydrogen) atoms. The summed E-state index contributed by atoms with van der Waals surface area (Å²) < 4.78 is 32.8. The van der Waals surface area contributed by atoms with Gasteiger partial charge in [0, 0.05) is 13.1 Å². The fourth-order valence-electron chi connectivity index (χ4n) is 2.46. The fourth-order valence-corrected chi connectivity index (χ4v) is 4.43. The van der Waals surface area contributed by atoms with E-state index in [9.17, 15) is 8.42 Å². The van der Waals surface area contributed by atoms with E-state index in [2.05, 4.69) is 0 Å². The molecule has 5 nitrogen and oxygen atoms in total. The van der Waals surface area contributed by atoms with Crippen molar-refractivity contribution in [1.29, 1.82) is 0 Å². The van der Waals surface area contributed by atoms with Crippen LogP contribution < -0.4 is 5.73 Å². The van der Waals surface area contributed by atoms with Crippen molar-refractivity contribution >= 4 is 15.7 Å². The molecule has 112 valence electrons. The molecule has 2 rings (SSSR count). The van der Waals surface area contributed by atoms with Gasteiger partial charge in [0.25, 0.3) is 0 Å². The zero-order valence-corrected chi connectivity index (χ0v) is 13.3. The molecule has 0 atom stereocenters. The first kappa shape index (κ1) is 15.3. The van der Waals surface area contributed by atoms with Crippen molar-refractivity contribution < 1.29 is 13.2 Å². The number of morpholine rings is 1. The third-order valence-electron chi connectivity index (χ3n) is 3.70. The van der Waals surface area contributed by atoms with Gasteiger partial charge in [-0.05, 0) is 44.9 Å². The number of sulfonamides is 1. The maximum atomic E-state index is 12.9. The van der Waals surface area contributed by atoms with Gasteiger partial charge < -0.3 is 10.5 Å². The molecule has 1 aliphatic rings. The number of rotatable bonds is 2. The van der Waals surface area contributed by atoms with Crippen molar-refractivity contribution in [2.75, 3.05) is 25.4 Å². The number of benzene rings is 1. The number of ether oxygens (including phenoxy) is 1. The van der Waals surface area contributed by atoms with Gasteiger partial charge in [0.05, 0.1) is 17.9 Å². The number of hydrogen-bond acceptors (Lipinski definition) is 4. The summed E-state index contributed by atoms with van der Waals surface area (Å²) in [5.74, 6) is 0. The average Bonchev–Trinajstić information content (AvgIpc) is 2.33. The molecule has 1 aliphatic heterocycles. The second-order valence-electron chi connectivity index (χ2n) is 5.87. The Bertz CT molecular complexity index is 624. The summed E-state index contributed by atoms with van der Waals surface area (Å²) in [7, 11) is -3.59. The van der Waals surface area contributed by atoms with Gasteiger partial charge in [0.2, 0.25) is 10.0 Å². The first-order chi connectivity index (χ1) is 9.15. The molecule has 0 bridgehead atoms. The molecular weight excluding hydrogens is 276 g/mol. The van der Waals surface area contributed by atoms with Crippen molar-refractivity contribution in [2.24, 2.45) is 0 Å². The molecule has 1 heterocycles. The van der Waals surface area contributed by atoms with Crippen molar-refractivity contribution in [3.63, 3.8) is 0 Å². The van der Waals surface area contributed by atoms with E-state index in [4.69, 9.17) is 10.5 Å². The lowest BCUT2D eigenvalue weighted by Crippen LogP contribution is -2.50. The van der Waals surface area contributed by atoms with Crippen molar-refractivity contribution in [2.45, 2.75) is 38.2 Å². The van der Waals surface area contributed by atoms with E-state index in [1.165, 1.54) is 4.31 Å². The monoisotopic (exact) mass is 298 g/mol. The lowest BCUT2D eigenvalue weighted by atomic mass is 10.1. The number of anilines is 1. The number of nitrogen functional groups attached to an aromatic ring is 1. The highest BCUT2D eigenvalue weighted by atomic mass is 32.2. The summed E-state index contributed by atoms with van der Waals surface area (Å²) >= 11 is 0. The van der Waals surface area contributed by atoms with Crippen LogP contribution in [0.15, 0.2) is 17.0 Å². The van der Waals surface area contributed by atoms with Crippen LogP contribution in [0.4, 0.5) is 5.69 Å². The quantitative estimate of drug-likeness (QED) is 0.843. The molecule has 1 fully saturated rings. The zero-order valence-electron chi connectivity index (χ0n) is 12.4. The number of nitrogens with zero attached hydrogens (tertiary/aromatic N) is 1. The van der Waals surface area contributed by atoms with E-state index in [0.717, 1.165) is 5.56 Å². The average molecular weight is 298 g/mol. The van der Waals surface area contributed by atoms with Gasteiger partial charge >= 0.3 is 0 Å². The van der Waals surface area contributed by atoms with Crippen LogP contribution in [0.3, 0.4) is 0 Å². The Balaban J connectivity index is 2.49. The third-order valence-corrected chi connectivity index (χ3v) is 5.74. The highest BCUT2D eigenvalue weighted by Gasteiger charge is 2.36. The molecule has 0 aliphatic carbocycles. The predicted molar refractivity (Wildman–Crippen MR) is 79.1 cm³/mol. The van der Waals surface area contributed by atoms with Gasteiger partial charge in [-0.1, -0.05) is 6.07 Å².